The van der Waals surface area contributed by atoms with Crippen molar-refractivity contribution in [2.45, 2.75) is 12.3 Å². The summed E-state index contributed by atoms with van der Waals surface area (Å²) >= 11 is 3.32. The quantitative estimate of drug-likeness (QED) is 0.825. The Hall–Kier alpha value is -0.830. The smallest absolute Gasteiger partial charge is 0.303 e. The highest BCUT2D eigenvalue weighted by Crippen LogP contribution is 2.21. The molecule has 1 aromatic rings. The van der Waals surface area contributed by atoms with Crippen molar-refractivity contribution in [2.75, 3.05) is 5.33 Å². The zero-order chi connectivity index (χ0) is 9.68. The summed E-state index contributed by atoms with van der Waals surface area (Å²) in [6.45, 7) is 0. The van der Waals surface area contributed by atoms with Crippen molar-refractivity contribution in [1.29, 1.82) is 0 Å². The van der Waals surface area contributed by atoms with E-state index in [2.05, 4.69) is 15.9 Å². The first kappa shape index (κ1) is 10.3. The fraction of sp³-hybridized carbons (Fsp3) is 0.300. The lowest BCUT2D eigenvalue weighted by molar-refractivity contribution is -0.137. The highest BCUT2D eigenvalue weighted by Gasteiger charge is 2.13. The minimum absolute atomic E-state index is 0.0682. The van der Waals surface area contributed by atoms with Crippen molar-refractivity contribution in [1.82, 2.24) is 0 Å². The van der Waals surface area contributed by atoms with E-state index in [0.29, 0.717) is 5.33 Å². The van der Waals surface area contributed by atoms with Crippen LogP contribution in [0.15, 0.2) is 30.3 Å². The Morgan fingerprint density at radius 2 is 2.00 bits per heavy atom. The third-order valence-electron chi connectivity index (χ3n) is 1.88. The molecule has 2 nitrogen and oxygen atoms in total. The van der Waals surface area contributed by atoms with Gasteiger partial charge in [-0.15, -0.1) is 0 Å². The van der Waals surface area contributed by atoms with Gasteiger partial charge in [0, 0.05) is 11.2 Å². The van der Waals surface area contributed by atoms with E-state index >= 15 is 0 Å². The molecule has 0 aliphatic heterocycles. The molecular formula is C10H11BrO2. The minimum atomic E-state index is -0.756. The number of hydrogen-bond donors (Lipinski definition) is 1. The van der Waals surface area contributed by atoms with E-state index in [1.54, 1.807) is 0 Å². The van der Waals surface area contributed by atoms with Gasteiger partial charge < -0.3 is 5.11 Å². The van der Waals surface area contributed by atoms with Crippen molar-refractivity contribution >= 4 is 21.9 Å². The van der Waals surface area contributed by atoms with E-state index in [1.165, 1.54) is 0 Å². The standard InChI is InChI=1S/C10H11BrO2/c11-7-9(6-10(12)13)8-4-2-1-3-5-8/h1-5,9H,6-7H2,(H,12,13). The molecule has 0 fully saturated rings. The second-order valence-corrected chi connectivity index (χ2v) is 3.51. The second kappa shape index (κ2) is 5.02. The Labute approximate surface area is 85.7 Å². The maximum absolute atomic E-state index is 10.5. The van der Waals surface area contributed by atoms with Gasteiger partial charge in [0.15, 0.2) is 0 Å². The van der Waals surface area contributed by atoms with Crippen molar-refractivity contribution < 1.29 is 9.90 Å². The molecular weight excluding hydrogens is 232 g/mol. The molecule has 0 bridgehead atoms. The number of rotatable bonds is 4. The highest BCUT2D eigenvalue weighted by atomic mass is 79.9. The van der Waals surface area contributed by atoms with Crippen LogP contribution in [0.2, 0.25) is 0 Å². The molecule has 0 aromatic heterocycles. The number of aliphatic carboxylic acids is 1. The monoisotopic (exact) mass is 242 g/mol. The summed E-state index contributed by atoms with van der Waals surface area (Å²) in [7, 11) is 0. The first-order valence-electron chi connectivity index (χ1n) is 4.06. The molecule has 1 aromatic carbocycles. The van der Waals surface area contributed by atoms with Gasteiger partial charge in [-0.3, -0.25) is 4.79 Å². The summed E-state index contributed by atoms with van der Waals surface area (Å²) in [5, 5.41) is 9.34. The summed E-state index contributed by atoms with van der Waals surface area (Å²) in [5.74, 6) is -0.688. The highest BCUT2D eigenvalue weighted by molar-refractivity contribution is 9.09. The molecule has 0 heterocycles. The Morgan fingerprint density at radius 3 is 2.46 bits per heavy atom. The van der Waals surface area contributed by atoms with E-state index in [0.717, 1.165) is 5.56 Å². The largest absolute Gasteiger partial charge is 0.481 e. The number of halogens is 1. The predicted molar refractivity (Wildman–Crippen MR) is 55.2 cm³/mol. The molecule has 0 amide bonds. The van der Waals surface area contributed by atoms with Gasteiger partial charge in [-0.1, -0.05) is 46.3 Å². The van der Waals surface area contributed by atoms with E-state index < -0.39 is 5.97 Å². The first-order valence-corrected chi connectivity index (χ1v) is 5.19. The van der Waals surface area contributed by atoms with E-state index in [9.17, 15) is 4.79 Å². The van der Waals surface area contributed by atoms with Gasteiger partial charge in [0.05, 0.1) is 6.42 Å². The van der Waals surface area contributed by atoms with Gasteiger partial charge in [-0.05, 0) is 5.56 Å². The molecule has 1 atom stereocenters. The van der Waals surface area contributed by atoms with Gasteiger partial charge in [-0.25, -0.2) is 0 Å². The van der Waals surface area contributed by atoms with Gasteiger partial charge in [-0.2, -0.15) is 0 Å². The van der Waals surface area contributed by atoms with Crippen LogP contribution in [0.5, 0.6) is 0 Å². The number of hydrogen-bond acceptors (Lipinski definition) is 1. The molecule has 0 spiro atoms. The van der Waals surface area contributed by atoms with Crippen LogP contribution in [0.25, 0.3) is 0 Å². The summed E-state index contributed by atoms with van der Waals surface area (Å²) < 4.78 is 0. The summed E-state index contributed by atoms with van der Waals surface area (Å²) in [6.07, 6.45) is 0.176. The van der Waals surface area contributed by atoms with Crippen LogP contribution < -0.4 is 0 Å². The van der Waals surface area contributed by atoms with Crippen LogP contribution in [0, 0.1) is 0 Å². The van der Waals surface area contributed by atoms with Crippen LogP contribution >= 0.6 is 15.9 Å². The van der Waals surface area contributed by atoms with Crippen LogP contribution in [-0.4, -0.2) is 16.4 Å². The Bertz CT molecular complexity index is 272. The normalized spacial score (nSPS) is 12.4. The Kier molecular flexibility index (Phi) is 3.96. The topological polar surface area (TPSA) is 37.3 Å². The lowest BCUT2D eigenvalue weighted by atomic mass is 9.98. The molecule has 13 heavy (non-hydrogen) atoms. The van der Waals surface area contributed by atoms with Gasteiger partial charge in [0.25, 0.3) is 0 Å². The molecule has 3 heteroatoms. The predicted octanol–water partition coefficient (Wildman–Crippen LogP) is 2.64. The van der Waals surface area contributed by atoms with Gasteiger partial charge in [0.1, 0.15) is 0 Å². The van der Waals surface area contributed by atoms with Crippen molar-refractivity contribution in [3.05, 3.63) is 35.9 Å². The van der Waals surface area contributed by atoms with Crippen molar-refractivity contribution in [2.24, 2.45) is 0 Å². The first-order chi connectivity index (χ1) is 6.24. The lowest BCUT2D eigenvalue weighted by Gasteiger charge is -2.10. The third-order valence-corrected chi connectivity index (χ3v) is 2.66. The van der Waals surface area contributed by atoms with Crippen LogP contribution in [0.4, 0.5) is 0 Å². The molecule has 0 saturated heterocycles. The molecule has 1 unspecified atom stereocenters. The summed E-state index contributed by atoms with van der Waals surface area (Å²) in [4.78, 5) is 10.5. The number of carboxylic acid groups (broad SMARTS) is 1. The number of benzene rings is 1. The molecule has 0 aliphatic rings. The zero-order valence-electron chi connectivity index (χ0n) is 7.11. The van der Waals surface area contributed by atoms with Gasteiger partial charge in [0.2, 0.25) is 0 Å². The average molecular weight is 243 g/mol. The molecule has 70 valence electrons. The van der Waals surface area contributed by atoms with Crippen LogP contribution in [0.1, 0.15) is 17.9 Å². The molecule has 1 N–H and O–H groups in total. The average Bonchev–Trinajstić information content (AvgIpc) is 2.15. The van der Waals surface area contributed by atoms with Crippen LogP contribution in [0.3, 0.4) is 0 Å². The zero-order valence-corrected chi connectivity index (χ0v) is 8.70. The minimum Gasteiger partial charge on any atom is -0.481 e. The van der Waals surface area contributed by atoms with E-state index in [1.807, 2.05) is 30.3 Å². The molecule has 1 rings (SSSR count). The third kappa shape index (κ3) is 3.19. The number of alkyl halides is 1. The van der Waals surface area contributed by atoms with E-state index in [-0.39, 0.29) is 12.3 Å². The SMILES string of the molecule is O=C(O)CC(CBr)c1ccccc1. The fourth-order valence-corrected chi connectivity index (χ4v) is 1.80. The lowest BCUT2D eigenvalue weighted by Crippen LogP contribution is -2.07. The number of carbonyl (C=O) groups is 1. The molecule has 0 saturated carbocycles. The summed E-state index contributed by atoms with van der Waals surface area (Å²) in [6, 6.07) is 9.68. The number of carboxylic acids is 1. The Morgan fingerprint density at radius 1 is 1.38 bits per heavy atom. The van der Waals surface area contributed by atoms with E-state index in [4.69, 9.17) is 5.11 Å². The van der Waals surface area contributed by atoms with Crippen molar-refractivity contribution in [3.63, 3.8) is 0 Å². The fourth-order valence-electron chi connectivity index (χ4n) is 1.20. The maximum Gasteiger partial charge on any atom is 0.303 e. The van der Waals surface area contributed by atoms with Crippen LogP contribution in [-0.2, 0) is 4.79 Å². The second-order valence-electron chi connectivity index (χ2n) is 2.86. The molecule has 0 aliphatic carbocycles. The van der Waals surface area contributed by atoms with Crippen molar-refractivity contribution in [3.8, 4) is 0 Å². The molecule has 0 radical (unpaired) electrons. The van der Waals surface area contributed by atoms with Gasteiger partial charge >= 0.3 is 5.97 Å². The maximum atomic E-state index is 10.5. The summed E-state index contributed by atoms with van der Waals surface area (Å²) in [5.41, 5.74) is 1.07. The Balaban J connectivity index is 2.73.